The monoisotopic (exact) mass is 399 g/mol. The Bertz CT molecular complexity index is 730. The van der Waals surface area contributed by atoms with Crippen LogP contribution < -0.4 is 10.2 Å². The summed E-state index contributed by atoms with van der Waals surface area (Å²) in [6.07, 6.45) is 3.22. The van der Waals surface area contributed by atoms with Gasteiger partial charge >= 0.3 is 0 Å². The standard InChI is InChI=1S/C19H23F2N3O2.ClH/c20-14-1-2-16(15(21)10-14)24-11-13(9-17(24)25)18(26)23-7-4-19(5-8-23)3-6-22-12-19;/h1-2,10,13,22H,3-9,11-12H2;1H. The number of anilines is 1. The fraction of sp³-hybridized carbons (Fsp3) is 0.579. The molecule has 0 aliphatic carbocycles. The number of nitrogens with one attached hydrogen (secondary N) is 1. The summed E-state index contributed by atoms with van der Waals surface area (Å²) in [5, 5.41) is 3.40. The number of hydrogen-bond acceptors (Lipinski definition) is 3. The van der Waals surface area contributed by atoms with Gasteiger partial charge < -0.3 is 15.1 Å². The summed E-state index contributed by atoms with van der Waals surface area (Å²) in [6.45, 7) is 3.66. The predicted molar refractivity (Wildman–Crippen MR) is 99.8 cm³/mol. The van der Waals surface area contributed by atoms with Crippen molar-refractivity contribution in [2.75, 3.05) is 37.6 Å². The zero-order valence-electron chi connectivity index (χ0n) is 15.0. The number of likely N-dealkylation sites (tertiary alicyclic amines) is 1. The fourth-order valence-electron chi connectivity index (χ4n) is 4.49. The first kappa shape index (κ1) is 20.0. The maximum Gasteiger partial charge on any atom is 0.228 e. The molecule has 1 aromatic carbocycles. The normalized spacial score (nSPS) is 24.4. The Kier molecular flexibility index (Phi) is 5.72. The summed E-state index contributed by atoms with van der Waals surface area (Å²) in [7, 11) is 0. The summed E-state index contributed by atoms with van der Waals surface area (Å²) in [6, 6.07) is 3.14. The fourth-order valence-corrected chi connectivity index (χ4v) is 4.49. The van der Waals surface area contributed by atoms with Gasteiger partial charge in [-0.3, -0.25) is 9.59 Å². The molecule has 0 radical (unpaired) electrons. The Labute approximate surface area is 163 Å². The van der Waals surface area contributed by atoms with E-state index in [-0.39, 0.29) is 42.9 Å². The second-order valence-corrected chi connectivity index (χ2v) is 7.75. The molecule has 3 aliphatic heterocycles. The zero-order valence-corrected chi connectivity index (χ0v) is 15.9. The second kappa shape index (κ2) is 7.72. The van der Waals surface area contributed by atoms with Crippen molar-refractivity contribution in [3.05, 3.63) is 29.8 Å². The molecular weight excluding hydrogens is 376 g/mol. The van der Waals surface area contributed by atoms with E-state index in [4.69, 9.17) is 0 Å². The molecule has 3 aliphatic rings. The van der Waals surface area contributed by atoms with Crippen molar-refractivity contribution < 1.29 is 18.4 Å². The maximum absolute atomic E-state index is 14.0. The number of rotatable bonds is 2. The minimum atomic E-state index is -0.778. The van der Waals surface area contributed by atoms with E-state index in [1.807, 2.05) is 4.90 Å². The van der Waals surface area contributed by atoms with Crippen LogP contribution in [0.3, 0.4) is 0 Å². The average Bonchev–Trinajstić information content (AvgIpc) is 3.22. The minimum absolute atomic E-state index is 0. The van der Waals surface area contributed by atoms with E-state index in [1.54, 1.807) is 0 Å². The third kappa shape index (κ3) is 3.80. The summed E-state index contributed by atoms with van der Waals surface area (Å²) < 4.78 is 27.1. The van der Waals surface area contributed by atoms with Crippen molar-refractivity contribution in [2.24, 2.45) is 11.3 Å². The van der Waals surface area contributed by atoms with E-state index < -0.39 is 17.6 Å². The van der Waals surface area contributed by atoms with Gasteiger partial charge in [-0.25, -0.2) is 8.78 Å². The molecule has 1 N–H and O–H groups in total. The number of benzene rings is 1. The minimum Gasteiger partial charge on any atom is -0.342 e. The van der Waals surface area contributed by atoms with Gasteiger partial charge in [0.15, 0.2) is 0 Å². The molecule has 2 amide bonds. The quantitative estimate of drug-likeness (QED) is 0.830. The van der Waals surface area contributed by atoms with Crippen LogP contribution in [0.15, 0.2) is 18.2 Å². The Balaban J connectivity index is 0.00000210. The molecule has 3 heterocycles. The highest BCUT2D eigenvalue weighted by Crippen LogP contribution is 2.38. The number of carbonyl (C=O) groups is 2. The molecule has 1 atom stereocenters. The molecule has 1 unspecified atom stereocenters. The van der Waals surface area contributed by atoms with Crippen molar-refractivity contribution in [1.29, 1.82) is 0 Å². The molecule has 3 fully saturated rings. The average molecular weight is 400 g/mol. The van der Waals surface area contributed by atoms with Gasteiger partial charge in [-0.1, -0.05) is 0 Å². The molecule has 1 spiro atoms. The number of hydrogen-bond donors (Lipinski definition) is 1. The molecule has 5 nitrogen and oxygen atoms in total. The van der Waals surface area contributed by atoms with Gasteiger partial charge in [0.05, 0.1) is 11.6 Å². The first-order chi connectivity index (χ1) is 12.5. The van der Waals surface area contributed by atoms with Crippen LogP contribution in [0.1, 0.15) is 25.7 Å². The topological polar surface area (TPSA) is 52.7 Å². The summed E-state index contributed by atoms with van der Waals surface area (Å²) in [5.74, 6) is -2.23. The lowest BCUT2D eigenvalue weighted by atomic mass is 9.77. The van der Waals surface area contributed by atoms with Crippen LogP contribution in [0, 0.1) is 23.0 Å². The smallest absolute Gasteiger partial charge is 0.228 e. The first-order valence-corrected chi connectivity index (χ1v) is 9.22. The van der Waals surface area contributed by atoms with E-state index >= 15 is 0 Å². The zero-order chi connectivity index (χ0) is 18.3. The molecule has 27 heavy (non-hydrogen) atoms. The van der Waals surface area contributed by atoms with E-state index in [1.165, 1.54) is 11.0 Å². The SMILES string of the molecule is Cl.O=C(C1CC(=O)N(c2ccc(F)cc2F)C1)N1CCC2(CCNC2)CC1. The molecule has 8 heteroatoms. The largest absolute Gasteiger partial charge is 0.342 e. The molecule has 3 saturated heterocycles. The lowest BCUT2D eigenvalue weighted by Gasteiger charge is -2.39. The van der Waals surface area contributed by atoms with Gasteiger partial charge in [-0.05, 0) is 43.4 Å². The highest BCUT2D eigenvalue weighted by molar-refractivity contribution is 6.00. The molecule has 0 bridgehead atoms. The van der Waals surface area contributed by atoms with Gasteiger partial charge in [-0.15, -0.1) is 12.4 Å². The van der Waals surface area contributed by atoms with Crippen LogP contribution >= 0.6 is 12.4 Å². The third-order valence-corrected chi connectivity index (χ3v) is 6.14. The summed E-state index contributed by atoms with van der Waals surface area (Å²) in [4.78, 5) is 28.3. The number of nitrogens with zero attached hydrogens (tertiary/aromatic N) is 2. The van der Waals surface area contributed by atoms with Gasteiger partial charge in [0.2, 0.25) is 11.8 Å². The molecule has 1 aromatic rings. The Morgan fingerprint density at radius 1 is 1.19 bits per heavy atom. The van der Waals surface area contributed by atoms with E-state index in [9.17, 15) is 18.4 Å². The van der Waals surface area contributed by atoms with E-state index in [0.717, 1.165) is 57.6 Å². The molecule has 0 aromatic heterocycles. The van der Waals surface area contributed by atoms with Crippen molar-refractivity contribution in [1.82, 2.24) is 10.2 Å². The van der Waals surface area contributed by atoms with Gasteiger partial charge in [0, 0.05) is 38.7 Å². The van der Waals surface area contributed by atoms with Crippen LogP contribution in [-0.4, -0.2) is 49.4 Å². The first-order valence-electron chi connectivity index (χ1n) is 9.22. The van der Waals surface area contributed by atoms with Gasteiger partial charge in [0.1, 0.15) is 11.6 Å². The number of amides is 2. The molecular formula is C19H24ClF2N3O2. The highest BCUT2D eigenvalue weighted by Gasteiger charge is 2.42. The number of piperidine rings is 1. The van der Waals surface area contributed by atoms with Crippen LogP contribution in [-0.2, 0) is 9.59 Å². The van der Waals surface area contributed by atoms with Crippen molar-refractivity contribution in [2.45, 2.75) is 25.7 Å². The molecule has 4 rings (SSSR count). The van der Waals surface area contributed by atoms with E-state index in [2.05, 4.69) is 5.32 Å². The van der Waals surface area contributed by atoms with Gasteiger partial charge in [-0.2, -0.15) is 0 Å². The number of carbonyl (C=O) groups excluding carboxylic acids is 2. The van der Waals surface area contributed by atoms with Crippen molar-refractivity contribution >= 4 is 29.9 Å². The molecule has 148 valence electrons. The van der Waals surface area contributed by atoms with Crippen molar-refractivity contribution in [3.8, 4) is 0 Å². The van der Waals surface area contributed by atoms with E-state index in [0.29, 0.717) is 5.41 Å². The highest BCUT2D eigenvalue weighted by atomic mass is 35.5. The Hall–Kier alpha value is -1.73. The van der Waals surface area contributed by atoms with Crippen molar-refractivity contribution in [3.63, 3.8) is 0 Å². The summed E-state index contributed by atoms with van der Waals surface area (Å²) >= 11 is 0. The Morgan fingerprint density at radius 3 is 2.56 bits per heavy atom. The third-order valence-electron chi connectivity index (χ3n) is 6.14. The predicted octanol–water partition coefficient (Wildman–Crippen LogP) is 2.34. The van der Waals surface area contributed by atoms with Crippen LogP contribution in [0.2, 0.25) is 0 Å². The lowest BCUT2D eigenvalue weighted by Crippen LogP contribution is -2.46. The van der Waals surface area contributed by atoms with Crippen LogP contribution in [0.5, 0.6) is 0 Å². The lowest BCUT2D eigenvalue weighted by molar-refractivity contribution is -0.137. The van der Waals surface area contributed by atoms with Crippen LogP contribution in [0.25, 0.3) is 0 Å². The Morgan fingerprint density at radius 2 is 1.93 bits per heavy atom. The van der Waals surface area contributed by atoms with Gasteiger partial charge in [0.25, 0.3) is 0 Å². The molecule has 0 saturated carbocycles. The second-order valence-electron chi connectivity index (χ2n) is 7.75. The summed E-state index contributed by atoms with van der Waals surface area (Å²) in [5.41, 5.74) is 0.368. The van der Waals surface area contributed by atoms with Crippen LogP contribution in [0.4, 0.5) is 14.5 Å². The number of halogens is 3. The maximum atomic E-state index is 14.0.